The Bertz CT molecular complexity index is 958. The molecule has 1 aromatic heterocycles. The summed E-state index contributed by atoms with van der Waals surface area (Å²) < 4.78 is 0. The summed E-state index contributed by atoms with van der Waals surface area (Å²) in [5, 5.41) is 16.2. The van der Waals surface area contributed by atoms with E-state index in [0.717, 1.165) is 5.56 Å². The van der Waals surface area contributed by atoms with Gasteiger partial charge in [-0.25, -0.2) is 4.98 Å². The number of non-ortho nitro benzene ring substituents is 1. The maximum Gasteiger partial charge on any atom is 0.269 e. The van der Waals surface area contributed by atoms with Crippen LogP contribution in [-0.2, 0) is 0 Å². The monoisotopic (exact) mass is 393 g/mol. The topological polar surface area (TPSA) is 85.1 Å². The Morgan fingerprint density at radius 1 is 1.12 bits per heavy atom. The highest BCUT2D eigenvalue weighted by atomic mass is 35.5. The Morgan fingerprint density at radius 2 is 1.84 bits per heavy atom. The first-order valence-electron chi connectivity index (χ1n) is 6.91. The maximum absolute atomic E-state index is 12.2. The standard InChI is InChI=1S/C16H9Cl2N3O3S/c17-12-6-3-10(7-13(12)18)15(22)20-16-19-14(8-25-16)9-1-4-11(5-2-9)21(23)24/h1-8H,(H,19,20,22). The molecule has 0 aliphatic heterocycles. The molecule has 0 bridgehead atoms. The van der Waals surface area contributed by atoms with E-state index in [1.807, 2.05) is 0 Å². The van der Waals surface area contributed by atoms with Crippen molar-refractivity contribution < 1.29 is 9.72 Å². The summed E-state index contributed by atoms with van der Waals surface area (Å²) in [6.45, 7) is 0. The second kappa shape index (κ2) is 7.18. The fraction of sp³-hybridized carbons (Fsp3) is 0. The van der Waals surface area contributed by atoms with E-state index in [2.05, 4.69) is 10.3 Å². The van der Waals surface area contributed by atoms with Crippen LogP contribution in [0.5, 0.6) is 0 Å². The Labute approximate surface area is 156 Å². The van der Waals surface area contributed by atoms with Crippen LogP contribution in [0.1, 0.15) is 10.4 Å². The van der Waals surface area contributed by atoms with Crippen LogP contribution in [0.4, 0.5) is 10.8 Å². The van der Waals surface area contributed by atoms with Crippen molar-refractivity contribution in [1.82, 2.24) is 4.98 Å². The summed E-state index contributed by atoms with van der Waals surface area (Å²) in [4.78, 5) is 26.8. The van der Waals surface area contributed by atoms with Gasteiger partial charge in [-0.2, -0.15) is 0 Å². The molecule has 126 valence electrons. The number of anilines is 1. The first-order chi connectivity index (χ1) is 11.9. The van der Waals surface area contributed by atoms with Gasteiger partial charge in [0.1, 0.15) is 0 Å². The molecule has 2 aromatic carbocycles. The third kappa shape index (κ3) is 3.96. The van der Waals surface area contributed by atoms with E-state index in [4.69, 9.17) is 23.2 Å². The van der Waals surface area contributed by atoms with Gasteiger partial charge in [-0.15, -0.1) is 11.3 Å². The van der Waals surface area contributed by atoms with Crippen LogP contribution in [0.25, 0.3) is 11.3 Å². The number of nitrogens with one attached hydrogen (secondary N) is 1. The molecule has 0 unspecified atom stereocenters. The Hall–Kier alpha value is -2.48. The molecule has 9 heteroatoms. The molecule has 0 saturated heterocycles. The average Bonchev–Trinajstić information content (AvgIpc) is 3.05. The molecule has 3 aromatic rings. The van der Waals surface area contributed by atoms with Crippen molar-refractivity contribution in [2.24, 2.45) is 0 Å². The van der Waals surface area contributed by atoms with E-state index in [-0.39, 0.29) is 11.6 Å². The normalized spacial score (nSPS) is 10.5. The number of hydrogen-bond acceptors (Lipinski definition) is 5. The number of aromatic nitrogens is 1. The first kappa shape index (κ1) is 17.3. The number of amides is 1. The van der Waals surface area contributed by atoms with Gasteiger partial charge in [0.25, 0.3) is 11.6 Å². The van der Waals surface area contributed by atoms with Gasteiger partial charge >= 0.3 is 0 Å². The summed E-state index contributed by atoms with van der Waals surface area (Å²) in [6, 6.07) is 10.6. The van der Waals surface area contributed by atoms with Gasteiger partial charge < -0.3 is 0 Å². The van der Waals surface area contributed by atoms with Crippen molar-refractivity contribution in [2.75, 3.05) is 5.32 Å². The molecule has 0 spiro atoms. The number of thiazole rings is 1. The van der Waals surface area contributed by atoms with Crippen LogP contribution < -0.4 is 5.32 Å². The lowest BCUT2D eigenvalue weighted by Gasteiger charge is -2.03. The zero-order valence-corrected chi connectivity index (χ0v) is 14.7. The molecule has 0 atom stereocenters. The third-order valence-electron chi connectivity index (χ3n) is 3.28. The first-order valence-corrected chi connectivity index (χ1v) is 8.54. The molecule has 0 fully saturated rings. The molecule has 1 heterocycles. The summed E-state index contributed by atoms with van der Waals surface area (Å²) >= 11 is 13.0. The SMILES string of the molecule is O=C(Nc1nc(-c2ccc([N+](=O)[O-])cc2)cs1)c1ccc(Cl)c(Cl)c1. The van der Waals surface area contributed by atoms with Crippen molar-refractivity contribution in [3.63, 3.8) is 0 Å². The van der Waals surface area contributed by atoms with Gasteiger partial charge in [0.2, 0.25) is 0 Å². The summed E-state index contributed by atoms with van der Waals surface area (Å²) in [5.74, 6) is -0.358. The number of halogens is 2. The molecule has 1 amide bonds. The van der Waals surface area contributed by atoms with Gasteiger partial charge in [0, 0.05) is 28.6 Å². The largest absolute Gasteiger partial charge is 0.298 e. The number of carbonyl (C=O) groups excluding carboxylic acids is 1. The number of benzene rings is 2. The minimum Gasteiger partial charge on any atom is -0.298 e. The lowest BCUT2D eigenvalue weighted by Crippen LogP contribution is -2.11. The predicted molar refractivity (Wildman–Crippen MR) is 98.6 cm³/mol. The minimum atomic E-state index is -0.465. The second-order valence-electron chi connectivity index (χ2n) is 4.92. The van der Waals surface area contributed by atoms with E-state index in [1.54, 1.807) is 29.6 Å². The lowest BCUT2D eigenvalue weighted by molar-refractivity contribution is -0.384. The molecule has 0 radical (unpaired) electrons. The van der Waals surface area contributed by atoms with Crippen LogP contribution in [0.3, 0.4) is 0 Å². The molecule has 25 heavy (non-hydrogen) atoms. The number of nitro groups is 1. The minimum absolute atomic E-state index is 0.00660. The molecule has 3 rings (SSSR count). The van der Waals surface area contributed by atoms with Crippen molar-refractivity contribution >= 4 is 51.3 Å². The van der Waals surface area contributed by atoms with Crippen molar-refractivity contribution in [2.45, 2.75) is 0 Å². The molecule has 0 saturated carbocycles. The van der Waals surface area contributed by atoms with E-state index in [1.165, 1.54) is 29.5 Å². The average molecular weight is 394 g/mol. The zero-order chi connectivity index (χ0) is 18.0. The molecule has 0 aliphatic rings. The lowest BCUT2D eigenvalue weighted by atomic mass is 10.1. The number of rotatable bonds is 4. The van der Waals surface area contributed by atoms with Crippen LogP contribution >= 0.6 is 34.5 Å². The third-order valence-corrected chi connectivity index (χ3v) is 4.78. The number of nitro benzene ring substituents is 1. The van der Waals surface area contributed by atoms with Crippen LogP contribution in [0.2, 0.25) is 10.0 Å². The maximum atomic E-state index is 12.2. The predicted octanol–water partition coefficient (Wildman–Crippen LogP) is 5.28. The van der Waals surface area contributed by atoms with Gasteiger partial charge in [0.05, 0.1) is 20.7 Å². The summed E-state index contributed by atoms with van der Waals surface area (Å²) in [7, 11) is 0. The number of carbonyl (C=O) groups is 1. The number of nitrogens with zero attached hydrogens (tertiary/aromatic N) is 2. The highest BCUT2D eigenvalue weighted by Crippen LogP contribution is 2.27. The fourth-order valence-electron chi connectivity index (χ4n) is 2.02. The molecule has 6 nitrogen and oxygen atoms in total. The van der Waals surface area contributed by atoms with E-state index < -0.39 is 4.92 Å². The van der Waals surface area contributed by atoms with Crippen molar-refractivity contribution in [1.29, 1.82) is 0 Å². The second-order valence-corrected chi connectivity index (χ2v) is 6.60. The van der Waals surface area contributed by atoms with Gasteiger partial charge in [-0.1, -0.05) is 23.2 Å². The fourth-order valence-corrected chi connectivity index (χ4v) is 3.04. The van der Waals surface area contributed by atoms with E-state index in [0.29, 0.717) is 26.4 Å². The highest BCUT2D eigenvalue weighted by molar-refractivity contribution is 7.14. The molecular formula is C16H9Cl2N3O3S. The Kier molecular flexibility index (Phi) is 4.98. The molecule has 1 N–H and O–H groups in total. The van der Waals surface area contributed by atoms with E-state index in [9.17, 15) is 14.9 Å². The van der Waals surface area contributed by atoms with Crippen LogP contribution in [0, 0.1) is 10.1 Å². The Balaban J connectivity index is 1.75. The molecule has 0 aliphatic carbocycles. The van der Waals surface area contributed by atoms with Crippen molar-refractivity contribution in [3.05, 3.63) is 73.6 Å². The molecular weight excluding hydrogens is 385 g/mol. The quantitative estimate of drug-likeness (QED) is 0.482. The number of hydrogen-bond donors (Lipinski definition) is 1. The van der Waals surface area contributed by atoms with Crippen molar-refractivity contribution in [3.8, 4) is 11.3 Å². The Morgan fingerprint density at radius 3 is 2.48 bits per heavy atom. The van der Waals surface area contributed by atoms with Crippen LogP contribution in [-0.4, -0.2) is 15.8 Å². The highest BCUT2D eigenvalue weighted by Gasteiger charge is 2.12. The van der Waals surface area contributed by atoms with Crippen LogP contribution in [0.15, 0.2) is 47.8 Å². The summed E-state index contributed by atoms with van der Waals surface area (Å²) in [6.07, 6.45) is 0. The van der Waals surface area contributed by atoms with Gasteiger partial charge in [-0.05, 0) is 30.3 Å². The van der Waals surface area contributed by atoms with Gasteiger partial charge in [-0.3, -0.25) is 20.2 Å². The smallest absolute Gasteiger partial charge is 0.269 e. The zero-order valence-electron chi connectivity index (χ0n) is 12.4. The van der Waals surface area contributed by atoms with E-state index >= 15 is 0 Å². The summed E-state index contributed by atoms with van der Waals surface area (Å²) in [5.41, 5.74) is 1.70. The van der Waals surface area contributed by atoms with Gasteiger partial charge in [0.15, 0.2) is 5.13 Å².